The summed E-state index contributed by atoms with van der Waals surface area (Å²) in [5.41, 5.74) is 0.867. The lowest BCUT2D eigenvalue weighted by atomic mass is 10.0. The topological polar surface area (TPSA) is 62.2 Å². The zero-order valence-electron chi connectivity index (χ0n) is 10.0. The summed E-state index contributed by atoms with van der Waals surface area (Å²) in [5.74, 6) is -0.936. The molecule has 1 atom stereocenters. The molecule has 1 aromatic heterocycles. The highest BCUT2D eigenvalue weighted by atomic mass is 32.1. The molecule has 1 unspecified atom stereocenters. The SMILES string of the molecule is CC(C)(S)C(Nc1nc2ccccc2s1)C(=O)O. The third-order valence-electron chi connectivity index (χ3n) is 2.52. The Morgan fingerprint density at radius 1 is 1.50 bits per heavy atom. The monoisotopic (exact) mass is 282 g/mol. The van der Waals surface area contributed by atoms with Gasteiger partial charge in [0.25, 0.3) is 0 Å². The number of rotatable bonds is 4. The average Bonchev–Trinajstić information content (AvgIpc) is 2.66. The van der Waals surface area contributed by atoms with Gasteiger partial charge in [0, 0.05) is 4.75 Å². The van der Waals surface area contributed by atoms with Crippen molar-refractivity contribution in [2.45, 2.75) is 24.6 Å². The van der Waals surface area contributed by atoms with Gasteiger partial charge in [0.05, 0.1) is 10.2 Å². The lowest BCUT2D eigenvalue weighted by Gasteiger charge is -2.26. The van der Waals surface area contributed by atoms with Gasteiger partial charge in [-0.25, -0.2) is 9.78 Å². The van der Waals surface area contributed by atoms with Gasteiger partial charge in [0.15, 0.2) is 5.13 Å². The highest BCUT2D eigenvalue weighted by Crippen LogP contribution is 2.28. The summed E-state index contributed by atoms with van der Waals surface area (Å²) < 4.78 is 0.352. The second-order valence-electron chi connectivity index (χ2n) is 4.56. The number of nitrogens with one attached hydrogen (secondary N) is 1. The van der Waals surface area contributed by atoms with Gasteiger partial charge in [-0.3, -0.25) is 0 Å². The number of nitrogens with zero attached hydrogens (tertiary/aromatic N) is 1. The molecule has 2 aromatic rings. The maximum absolute atomic E-state index is 11.2. The Balaban J connectivity index is 2.29. The summed E-state index contributed by atoms with van der Waals surface area (Å²) >= 11 is 5.76. The summed E-state index contributed by atoms with van der Waals surface area (Å²) in [5, 5.41) is 12.8. The molecule has 0 saturated heterocycles. The van der Waals surface area contributed by atoms with Crippen molar-refractivity contribution in [3.8, 4) is 0 Å². The van der Waals surface area contributed by atoms with Crippen LogP contribution in [-0.4, -0.2) is 26.8 Å². The molecule has 2 rings (SSSR count). The molecule has 0 radical (unpaired) electrons. The summed E-state index contributed by atoms with van der Waals surface area (Å²) in [7, 11) is 0. The highest BCUT2D eigenvalue weighted by molar-refractivity contribution is 7.81. The van der Waals surface area contributed by atoms with Gasteiger partial charge in [-0.1, -0.05) is 23.5 Å². The van der Waals surface area contributed by atoms with E-state index in [-0.39, 0.29) is 0 Å². The fourth-order valence-corrected chi connectivity index (χ4v) is 2.67. The van der Waals surface area contributed by atoms with Crippen molar-refractivity contribution in [2.24, 2.45) is 0 Å². The molecule has 0 saturated carbocycles. The van der Waals surface area contributed by atoms with Crippen LogP contribution in [0.25, 0.3) is 10.2 Å². The van der Waals surface area contributed by atoms with Crippen molar-refractivity contribution in [3.05, 3.63) is 24.3 Å². The summed E-state index contributed by atoms with van der Waals surface area (Å²) in [6.07, 6.45) is 0. The van der Waals surface area contributed by atoms with Gasteiger partial charge in [-0.15, -0.1) is 0 Å². The molecule has 0 bridgehead atoms. The van der Waals surface area contributed by atoms with Crippen LogP contribution >= 0.6 is 24.0 Å². The summed E-state index contributed by atoms with van der Waals surface area (Å²) in [6, 6.07) is 6.91. The Morgan fingerprint density at radius 2 is 2.17 bits per heavy atom. The van der Waals surface area contributed by atoms with Crippen molar-refractivity contribution in [1.82, 2.24) is 4.98 Å². The average molecular weight is 282 g/mol. The first-order valence-electron chi connectivity index (χ1n) is 5.45. The number of carbonyl (C=O) groups is 1. The van der Waals surface area contributed by atoms with Crippen LogP contribution in [0.2, 0.25) is 0 Å². The Hall–Kier alpha value is -1.27. The van der Waals surface area contributed by atoms with Crippen LogP contribution in [0.1, 0.15) is 13.8 Å². The van der Waals surface area contributed by atoms with Crippen LogP contribution in [-0.2, 0) is 4.79 Å². The Morgan fingerprint density at radius 3 is 2.72 bits per heavy atom. The van der Waals surface area contributed by atoms with Crippen molar-refractivity contribution < 1.29 is 9.90 Å². The van der Waals surface area contributed by atoms with Crippen LogP contribution in [0.3, 0.4) is 0 Å². The third-order valence-corrected chi connectivity index (χ3v) is 3.74. The maximum atomic E-state index is 11.2. The second-order valence-corrected chi connectivity index (χ2v) is 6.74. The van der Waals surface area contributed by atoms with Gasteiger partial charge < -0.3 is 10.4 Å². The lowest BCUT2D eigenvalue weighted by Crippen LogP contribution is -2.44. The predicted molar refractivity (Wildman–Crippen MR) is 77.7 cm³/mol. The number of anilines is 1. The molecule has 0 fully saturated rings. The molecule has 18 heavy (non-hydrogen) atoms. The van der Waals surface area contributed by atoms with E-state index in [0.717, 1.165) is 10.2 Å². The first-order chi connectivity index (χ1) is 8.38. The van der Waals surface area contributed by atoms with Gasteiger partial charge in [-0.05, 0) is 26.0 Å². The van der Waals surface area contributed by atoms with E-state index < -0.39 is 16.8 Å². The quantitative estimate of drug-likeness (QED) is 0.755. The second kappa shape index (κ2) is 4.78. The lowest BCUT2D eigenvalue weighted by molar-refractivity contribution is -0.138. The van der Waals surface area contributed by atoms with E-state index >= 15 is 0 Å². The standard InChI is InChI=1S/C12H14N2O2S2/c1-12(2,17)9(10(15)16)14-11-13-7-5-3-4-6-8(7)18-11/h3-6,9,17H,1-2H3,(H,13,14)(H,15,16). The Bertz CT molecular complexity index is 542. The smallest absolute Gasteiger partial charge is 0.327 e. The van der Waals surface area contributed by atoms with Crippen LogP contribution in [0.15, 0.2) is 24.3 Å². The summed E-state index contributed by atoms with van der Waals surface area (Å²) in [6.45, 7) is 3.52. The third kappa shape index (κ3) is 2.76. The van der Waals surface area contributed by atoms with Crippen molar-refractivity contribution in [2.75, 3.05) is 5.32 Å². The molecule has 0 aliphatic carbocycles. The van der Waals surface area contributed by atoms with Crippen LogP contribution in [0.4, 0.5) is 5.13 Å². The minimum Gasteiger partial charge on any atom is -0.480 e. The predicted octanol–water partition coefficient (Wildman–Crippen LogP) is 2.87. The molecule has 0 amide bonds. The van der Waals surface area contributed by atoms with E-state index in [9.17, 15) is 9.90 Å². The van der Waals surface area contributed by atoms with Gasteiger partial charge in [-0.2, -0.15) is 12.6 Å². The number of aliphatic carboxylic acids is 1. The normalized spacial score (nSPS) is 13.5. The largest absolute Gasteiger partial charge is 0.480 e. The molecule has 0 spiro atoms. The molecule has 1 aromatic carbocycles. The molecule has 1 heterocycles. The van der Waals surface area contributed by atoms with E-state index in [1.54, 1.807) is 13.8 Å². The minimum absolute atomic E-state index is 0.603. The number of carboxylic acid groups (broad SMARTS) is 1. The highest BCUT2D eigenvalue weighted by Gasteiger charge is 2.32. The van der Waals surface area contributed by atoms with E-state index in [1.165, 1.54) is 11.3 Å². The summed E-state index contributed by atoms with van der Waals surface area (Å²) in [4.78, 5) is 15.6. The van der Waals surface area contributed by atoms with Gasteiger partial charge >= 0.3 is 5.97 Å². The van der Waals surface area contributed by atoms with Crippen molar-refractivity contribution in [3.63, 3.8) is 0 Å². The molecule has 96 valence electrons. The molecular weight excluding hydrogens is 268 g/mol. The number of para-hydroxylation sites is 1. The number of fused-ring (bicyclic) bond motifs is 1. The van der Waals surface area contributed by atoms with E-state index in [2.05, 4.69) is 22.9 Å². The number of thiol groups is 1. The van der Waals surface area contributed by atoms with Crippen molar-refractivity contribution in [1.29, 1.82) is 0 Å². The zero-order valence-corrected chi connectivity index (χ0v) is 11.8. The molecular formula is C12H14N2O2S2. The van der Waals surface area contributed by atoms with Crippen molar-refractivity contribution >= 4 is 45.3 Å². The molecule has 4 nitrogen and oxygen atoms in total. The molecule has 0 aliphatic rings. The minimum atomic E-state index is -0.936. The Labute approximate surface area is 114 Å². The van der Waals surface area contributed by atoms with Crippen LogP contribution in [0.5, 0.6) is 0 Å². The molecule has 0 aliphatic heterocycles. The maximum Gasteiger partial charge on any atom is 0.327 e. The number of benzene rings is 1. The van der Waals surface area contributed by atoms with Gasteiger partial charge in [0.1, 0.15) is 6.04 Å². The number of hydrogen-bond donors (Lipinski definition) is 3. The van der Waals surface area contributed by atoms with Crippen LogP contribution < -0.4 is 5.32 Å². The molecule has 6 heteroatoms. The van der Waals surface area contributed by atoms with Crippen LogP contribution in [0, 0.1) is 0 Å². The number of thiazole rings is 1. The number of carboxylic acids is 1. The van der Waals surface area contributed by atoms with Gasteiger partial charge in [0.2, 0.25) is 0 Å². The fourth-order valence-electron chi connectivity index (χ4n) is 1.60. The van der Waals surface area contributed by atoms with E-state index in [0.29, 0.717) is 5.13 Å². The fraction of sp³-hybridized carbons (Fsp3) is 0.333. The first kappa shape index (κ1) is 13.2. The van der Waals surface area contributed by atoms with E-state index in [4.69, 9.17) is 0 Å². The number of hydrogen-bond acceptors (Lipinski definition) is 5. The van der Waals surface area contributed by atoms with E-state index in [1.807, 2.05) is 24.3 Å². The molecule has 2 N–H and O–H groups in total. The number of aromatic nitrogens is 1. The zero-order chi connectivity index (χ0) is 13.3. The Kier molecular flexibility index (Phi) is 3.49. The first-order valence-corrected chi connectivity index (χ1v) is 6.71.